The summed E-state index contributed by atoms with van der Waals surface area (Å²) in [4.78, 5) is 6.50. The summed E-state index contributed by atoms with van der Waals surface area (Å²) >= 11 is 5.96. The summed E-state index contributed by atoms with van der Waals surface area (Å²) in [5, 5.41) is 8.70. The number of hydrogen-bond acceptors (Lipinski definition) is 4. The molecule has 1 aliphatic heterocycles. The lowest BCUT2D eigenvalue weighted by Gasteiger charge is -2.37. The van der Waals surface area contributed by atoms with E-state index in [2.05, 4.69) is 22.9 Å². The van der Waals surface area contributed by atoms with Crippen molar-refractivity contribution < 1.29 is 0 Å². The summed E-state index contributed by atoms with van der Waals surface area (Å²) in [6.07, 6.45) is 1.61. The van der Waals surface area contributed by atoms with Gasteiger partial charge in [-0.3, -0.25) is 0 Å². The van der Waals surface area contributed by atoms with Crippen molar-refractivity contribution in [2.75, 3.05) is 24.5 Å². The summed E-state index contributed by atoms with van der Waals surface area (Å²) in [7, 11) is 0. The Bertz CT molecular complexity index is 397. The fourth-order valence-electron chi connectivity index (χ4n) is 1.88. The first-order valence-electron chi connectivity index (χ1n) is 5.24. The zero-order valence-corrected chi connectivity index (χ0v) is 9.85. The normalized spacial score (nSPS) is 21.8. The van der Waals surface area contributed by atoms with E-state index in [1.807, 2.05) is 6.07 Å². The number of piperazine rings is 1. The second-order valence-corrected chi connectivity index (χ2v) is 4.41. The van der Waals surface area contributed by atoms with Crippen molar-refractivity contribution in [1.29, 1.82) is 5.26 Å². The molecule has 5 heteroatoms. The van der Waals surface area contributed by atoms with Crippen LogP contribution in [0.25, 0.3) is 0 Å². The predicted molar refractivity (Wildman–Crippen MR) is 63.2 cm³/mol. The van der Waals surface area contributed by atoms with Gasteiger partial charge in [0.25, 0.3) is 0 Å². The third kappa shape index (κ3) is 2.26. The number of halogens is 1. The van der Waals surface area contributed by atoms with Gasteiger partial charge in [0, 0.05) is 31.9 Å². The lowest BCUT2D eigenvalue weighted by Crippen LogP contribution is -2.49. The fourth-order valence-corrected chi connectivity index (χ4v) is 2.15. The molecule has 0 aliphatic carbocycles. The van der Waals surface area contributed by atoms with E-state index in [-0.39, 0.29) is 0 Å². The molecule has 1 aromatic heterocycles. The third-order valence-electron chi connectivity index (χ3n) is 2.75. The molecule has 2 heterocycles. The van der Waals surface area contributed by atoms with E-state index in [0.29, 0.717) is 11.6 Å². The zero-order valence-electron chi connectivity index (χ0n) is 9.10. The van der Waals surface area contributed by atoms with Crippen LogP contribution in [0.1, 0.15) is 12.5 Å². The van der Waals surface area contributed by atoms with Gasteiger partial charge in [-0.05, 0) is 30.8 Å². The molecule has 0 aromatic carbocycles. The molecule has 1 aliphatic rings. The molecule has 1 atom stereocenters. The number of hydrogen-bond donors (Lipinski definition) is 0. The highest BCUT2D eigenvalue weighted by Crippen LogP contribution is 2.19. The van der Waals surface area contributed by atoms with Gasteiger partial charge in [0.1, 0.15) is 11.9 Å². The second kappa shape index (κ2) is 4.69. The Balaban J connectivity index is 2.14. The second-order valence-electron chi connectivity index (χ2n) is 3.93. The molecule has 16 heavy (non-hydrogen) atoms. The monoisotopic (exact) mass is 236 g/mol. The molecule has 2 rings (SSSR count). The van der Waals surface area contributed by atoms with E-state index in [4.69, 9.17) is 17.0 Å². The minimum Gasteiger partial charge on any atom is -0.351 e. The summed E-state index contributed by atoms with van der Waals surface area (Å²) in [5.41, 5.74) is 0.590. The molecule has 0 amide bonds. The lowest BCUT2D eigenvalue weighted by molar-refractivity contribution is 0.361. The van der Waals surface area contributed by atoms with Gasteiger partial charge >= 0.3 is 0 Å². The van der Waals surface area contributed by atoms with E-state index < -0.39 is 0 Å². The number of rotatable bonds is 1. The molecule has 0 N–H and O–H groups in total. The van der Waals surface area contributed by atoms with E-state index >= 15 is 0 Å². The number of nitrogens with zero attached hydrogens (tertiary/aromatic N) is 4. The maximum Gasteiger partial charge on any atom is 0.128 e. The van der Waals surface area contributed by atoms with Crippen molar-refractivity contribution in [3.05, 3.63) is 23.9 Å². The number of aromatic nitrogens is 1. The van der Waals surface area contributed by atoms with Crippen LogP contribution in [0.4, 0.5) is 5.82 Å². The Hall–Kier alpha value is -1.31. The average Bonchev–Trinajstić information content (AvgIpc) is 2.29. The SMILES string of the molecule is CC1CN(Cl)CCN1c1ccc(C#N)cn1. The summed E-state index contributed by atoms with van der Waals surface area (Å²) in [6, 6.07) is 6.09. The molecular weight excluding hydrogens is 224 g/mol. The van der Waals surface area contributed by atoms with Crippen molar-refractivity contribution in [3.63, 3.8) is 0 Å². The van der Waals surface area contributed by atoms with E-state index in [0.717, 1.165) is 25.5 Å². The molecule has 4 nitrogen and oxygen atoms in total. The van der Waals surface area contributed by atoms with Gasteiger partial charge in [0.15, 0.2) is 0 Å². The summed E-state index contributed by atoms with van der Waals surface area (Å²) < 4.78 is 1.80. The standard InChI is InChI=1S/C11H13ClN4/c1-9-8-15(12)4-5-16(9)11-3-2-10(6-13)7-14-11/h2-3,7,9H,4-5,8H2,1H3. The van der Waals surface area contributed by atoms with Crippen LogP contribution in [0.2, 0.25) is 0 Å². The molecule has 1 fully saturated rings. The van der Waals surface area contributed by atoms with Gasteiger partial charge in [-0.1, -0.05) is 0 Å². The smallest absolute Gasteiger partial charge is 0.128 e. The first-order chi connectivity index (χ1) is 7.70. The lowest BCUT2D eigenvalue weighted by atomic mass is 10.2. The van der Waals surface area contributed by atoms with Crippen LogP contribution in [0.5, 0.6) is 0 Å². The van der Waals surface area contributed by atoms with E-state index in [9.17, 15) is 0 Å². The van der Waals surface area contributed by atoms with Crippen LogP contribution in [-0.4, -0.2) is 35.1 Å². The molecule has 1 saturated heterocycles. The van der Waals surface area contributed by atoms with E-state index in [1.54, 1.807) is 16.7 Å². The van der Waals surface area contributed by atoms with Crippen LogP contribution >= 0.6 is 11.8 Å². The highest BCUT2D eigenvalue weighted by atomic mass is 35.5. The van der Waals surface area contributed by atoms with Gasteiger partial charge in [0.05, 0.1) is 5.56 Å². The Morgan fingerprint density at radius 1 is 1.50 bits per heavy atom. The molecule has 0 radical (unpaired) electrons. The summed E-state index contributed by atoms with van der Waals surface area (Å²) in [5.74, 6) is 0.913. The van der Waals surface area contributed by atoms with Gasteiger partial charge in [0.2, 0.25) is 0 Å². The molecule has 84 valence electrons. The minimum atomic E-state index is 0.340. The Morgan fingerprint density at radius 3 is 2.88 bits per heavy atom. The molecule has 0 spiro atoms. The number of pyridine rings is 1. The summed E-state index contributed by atoms with van der Waals surface area (Å²) in [6.45, 7) is 4.63. The van der Waals surface area contributed by atoms with Gasteiger partial charge in [-0.25, -0.2) is 9.40 Å². The van der Waals surface area contributed by atoms with Crippen LogP contribution in [0.3, 0.4) is 0 Å². The highest BCUT2D eigenvalue weighted by Gasteiger charge is 2.23. The van der Waals surface area contributed by atoms with Crippen LogP contribution in [0, 0.1) is 11.3 Å². The Morgan fingerprint density at radius 2 is 2.31 bits per heavy atom. The van der Waals surface area contributed by atoms with Gasteiger partial charge in [-0.2, -0.15) is 5.26 Å². The van der Waals surface area contributed by atoms with Gasteiger partial charge in [-0.15, -0.1) is 0 Å². The maximum absolute atomic E-state index is 8.70. The first kappa shape index (κ1) is 11.2. The van der Waals surface area contributed by atoms with Gasteiger partial charge < -0.3 is 4.90 Å². The molecule has 1 unspecified atom stereocenters. The fraction of sp³-hybridized carbons (Fsp3) is 0.455. The van der Waals surface area contributed by atoms with Crippen molar-refractivity contribution in [1.82, 2.24) is 9.40 Å². The van der Waals surface area contributed by atoms with Crippen molar-refractivity contribution >= 4 is 17.6 Å². The van der Waals surface area contributed by atoms with Crippen molar-refractivity contribution in [3.8, 4) is 6.07 Å². The Labute approximate surface area is 100 Å². The minimum absolute atomic E-state index is 0.340. The van der Waals surface area contributed by atoms with Crippen LogP contribution in [-0.2, 0) is 0 Å². The molecular formula is C11H13ClN4. The van der Waals surface area contributed by atoms with Crippen LogP contribution in [0.15, 0.2) is 18.3 Å². The first-order valence-corrected chi connectivity index (χ1v) is 5.58. The quantitative estimate of drug-likeness (QED) is 0.695. The molecule has 0 bridgehead atoms. The van der Waals surface area contributed by atoms with Crippen LogP contribution < -0.4 is 4.90 Å². The average molecular weight is 237 g/mol. The number of nitriles is 1. The topological polar surface area (TPSA) is 43.2 Å². The van der Waals surface area contributed by atoms with Crippen molar-refractivity contribution in [2.45, 2.75) is 13.0 Å². The van der Waals surface area contributed by atoms with E-state index in [1.165, 1.54) is 0 Å². The Kier molecular flexibility index (Phi) is 3.28. The highest BCUT2D eigenvalue weighted by molar-refractivity contribution is 6.13. The third-order valence-corrected chi connectivity index (χ3v) is 3.06. The number of anilines is 1. The van der Waals surface area contributed by atoms with Crippen molar-refractivity contribution in [2.24, 2.45) is 0 Å². The zero-order chi connectivity index (χ0) is 11.5. The maximum atomic E-state index is 8.70. The molecule has 1 aromatic rings. The largest absolute Gasteiger partial charge is 0.351 e. The predicted octanol–water partition coefficient (Wildman–Crippen LogP) is 1.62. The molecule has 0 saturated carbocycles.